The minimum Gasteiger partial charge on any atom is -0.447 e. The molecule has 0 aliphatic carbocycles. The number of hydrogen-bond donors (Lipinski definition) is 0. The zero-order valence-electron chi connectivity index (χ0n) is 8.79. The first-order chi connectivity index (χ1) is 8.25. The molecule has 0 N–H and O–H groups in total. The summed E-state index contributed by atoms with van der Waals surface area (Å²) in [6.07, 6.45) is 2.60. The predicted octanol–water partition coefficient (Wildman–Crippen LogP) is -0.715. The van der Waals surface area contributed by atoms with Gasteiger partial charge in [-0.3, -0.25) is 14.5 Å². The normalized spacial score (nSPS) is 17.9. The van der Waals surface area contributed by atoms with Gasteiger partial charge < -0.3 is 4.74 Å². The Morgan fingerprint density at radius 3 is 2.94 bits per heavy atom. The number of carbonyl (C=O) groups excluding carboxylic acids is 2. The minimum absolute atomic E-state index is 0.0901. The third-order valence-corrected chi connectivity index (χ3v) is 2.57. The lowest BCUT2D eigenvalue weighted by Crippen LogP contribution is -2.38. The number of benzene rings is 1. The van der Waals surface area contributed by atoms with E-state index in [1.807, 2.05) is 6.07 Å². The number of rotatable bonds is 0. The van der Waals surface area contributed by atoms with Crippen LogP contribution < -0.4 is 10.6 Å². The van der Waals surface area contributed by atoms with Crippen molar-refractivity contribution in [3.63, 3.8) is 0 Å². The zero-order chi connectivity index (χ0) is 11.8. The van der Waals surface area contributed by atoms with Crippen molar-refractivity contribution in [1.82, 2.24) is 4.90 Å². The third kappa shape index (κ3) is 1.52. The second-order valence-electron chi connectivity index (χ2n) is 3.67. The van der Waals surface area contributed by atoms with E-state index in [0.29, 0.717) is 16.5 Å². The SMILES string of the molecule is O=C1CN2C(=O)C=COC2=c2ccccc2=N1. The van der Waals surface area contributed by atoms with E-state index in [1.165, 1.54) is 17.2 Å². The van der Waals surface area contributed by atoms with E-state index in [2.05, 4.69) is 4.99 Å². The Morgan fingerprint density at radius 1 is 1.24 bits per heavy atom. The van der Waals surface area contributed by atoms with E-state index < -0.39 is 0 Å². The number of para-hydroxylation sites is 1. The van der Waals surface area contributed by atoms with Gasteiger partial charge in [0.1, 0.15) is 6.54 Å². The van der Waals surface area contributed by atoms with Crippen LogP contribution in [0, 0.1) is 0 Å². The molecule has 0 fully saturated rings. The summed E-state index contributed by atoms with van der Waals surface area (Å²) in [7, 11) is 0. The first kappa shape index (κ1) is 9.77. The Kier molecular flexibility index (Phi) is 2.04. The molecule has 0 radical (unpaired) electrons. The standard InChI is InChI=1S/C12H8N2O3/c15-10-7-14-11(16)5-6-17-12(14)8-3-1-2-4-9(8)13-10/h1-6H,7H2. The third-order valence-electron chi connectivity index (χ3n) is 2.57. The maximum Gasteiger partial charge on any atom is 0.266 e. The Balaban J connectivity index is 2.39. The van der Waals surface area contributed by atoms with Crippen LogP contribution in [-0.4, -0.2) is 23.3 Å². The van der Waals surface area contributed by atoms with Crippen LogP contribution in [0.4, 0.5) is 0 Å². The Labute approximate surface area is 96.3 Å². The molecule has 2 heterocycles. The number of hydrogen-bond acceptors (Lipinski definition) is 3. The Hall–Kier alpha value is -2.43. The maximum atomic E-state index is 11.7. The molecule has 0 spiro atoms. The zero-order valence-corrected chi connectivity index (χ0v) is 8.79. The second-order valence-corrected chi connectivity index (χ2v) is 3.67. The van der Waals surface area contributed by atoms with Crippen molar-refractivity contribution in [1.29, 1.82) is 0 Å². The quantitative estimate of drug-likeness (QED) is 0.589. The van der Waals surface area contributed by atoms with Gasteiger partial charge in [-0.15, -0.1) is 0 Å². The molecule has 17 heavy (non-hydrogen) atoms. The van der Waals surface area contributed by atoms with E-state index in [9.17, 15) is 9.59 Å². The summed E-state index contributed by atoms with van der Waals surface area (Å²) >= 11 is 0. The van der Waals surface area contributed by atoms with Gasteiger partial charge in [0.05, 0.1) is 16.8 Å². The molecule has 0 saturated carbocycles. The van der Waals surface area contributed by atoms with Crippen molar-refractivity contribution in [3.05, 3.63) is 47.2 Å². The summed E-state index contributed by atoms with van der Waals surface area (Å²) in [5, 5.41) is 1.18. The number of amides is 2. The minimum atomic E-state index is -0.361. The van der Waals surface area contributed by atoms with Gasteiger partial charge >= 0.3 is 0 Å². The van der Waals surface area contributed by atoms with Gasteiger partial charge in [0.15, 0.2) is 0 Å². The molecule has 0 aromatic heterocycles. The molecule has 84 valence electrons. The summed E-state index contributed by atoms with van der Waals surface area (Å²) in [5.74, 6) is -0.270. The molecule has 2 aliphatic heterocycles. The first-order valence-corrected chi connectivity index (χ1v) is 5.11. The van der Waals surface area contributed by atoms with Crippen LogP contribution in [0.25, 0.3) is 5.88 Å². The summed E-state index contributed by atoms with van der Waals surface area (Å²) in [6.45, 7) is -0.0901. The summed E-state index contributed by atoms with van der Waals surface area (Å²) in [5.41, 5.74) is 0. The average Bonchev–Trinajstić information content (AvgIpc) is 2.46. The highest BCUT2D eigenvalue weighted by Crippen LogP contribution is 2.13. The smallest absolute Gasteiger partial charge is 0.266 e. The maximum absolute atomic E-state index is 11.7. The van der Waals surface area contributed by atoms with Gasteiger partial charge in [-0.2, -0.15) is 0 Å². The summed E-state index contributed by atoms with van der Waals surface area (Å²) in [4.78, 5) is 28.5. The van der Waals surface area contributed by atoms with Crippen LogP contribution in [-0.2, 0) is 14.3 Å². The van der Waals surface area contributed by atoms with Gasteiger partial charge in [-0.1, -0.05) is 12.1 Å². The molecule has 2 aliphatic rings. The molecular formula is C12H8N2O3. The molecule has 1 aromatic carbocycles. The fraction of sp³-hybridized carbons (Fsp3) is 0.0833. The lowest BCUT2D eigenvalue weighted by atomic mass is 10.2. The Morgan fingerprint density at radius 2 is 2.06 bits per heavy atom. The molecule has 2 amide bonds. The predicted molar refractivity (Wildman–Crippen MR) is 57.6 cm³/mol. The largest absolute Gasteiger partial charge is 0.447 e. The summed E-state index contributed by atoms with van der Waals surface area (Å²) < 4.78 is 5.34. The molecule has 0 bridgehead atoms. The second kappa shape index (κ2) is 3.55. The summed E-state index contributed by atoms with van der Waals surface area (Å²) in [6, 6.07) is 7.08. The monoisotopic (exact) mass is 228 g/mol. The van der Waals surface area contributed by atoms with Gasteiger partial charge in [0.2, 0.25) is 5.88 Å². The van der Waals surface area contributed by atoms with E-state index in [1.54, 1.807) is 18.2 Å². The Bertz CT molecular complexity index is 661. The molecule has 1 aromatic rings. The highest BCUT2D eigenvalue weighted by atomic mass is 16.5. The average molecular weight is 228 g/mol. The van der Waals surface area contributed by atoms with Crippen molar-refractivity contribution in [3.8, 4) is 0 Å². The number of fused-ring (bicyclic) bond motifs is 2. The molecule has 5 heteroatoms. The van der Waals surface area contributed by atoms with Crippen molar-refractivity contribution in [2.45, 2.75) is 0 Å². The van der Waals surface area contributed by atoms with Crippen LogP contribution in [0.2, 0.25) is 0 Å². The van der Waals surface area contributed by atoms with E-state index >= 15 is 0 Å². The lowest BCUT2D eigenvalue weighted by molar-refractivity contribution is -0.129. The first-order valence-electron chi connectivity index (χ1n) is 5.11. The van der Waals surface area contributed by atoms with Crippen LogP contribution >= 0.6 is 0 Å². The van der Waals surface area contributed by atoms with Gasteiger partial charge in [-0.05, 0) is 12.1 Å². The number of ether oxygens (including phenoxy) is 1. The molecule has 0 unspecified atom stereocenters. The molecular weight excluding hydrogens is 220 g/mol. The molecule has 0 saturated heterocycles. The van der Waals surface area contributed by atoms with Crippen LogP contribution in [0.1, 0.15) is 0 Å². The highest BCUT2D eigenvalue weighted by molar-refractivity contribution is 5.96. The molecule has 0 atom stereocenters. The van der Waals surface area contributed by atoms with E-state index in [4.69, 9.17) is 4.74 Å². The van der Waals surface area contributed by atoms with E-state index in [-0.39, 0.29) is 18.4 Å². The van der Waals surface area contributed by atoms with E-state index in [0.717, 1.165) is 0 Å². The van der Waals surface area contributed by atoms with Crippen molar-refractivity contribution >= 4 is 17.7 Å². The number of carbonyl (C=O) groups is 2. The lowest BCUT2D eigenvalue weighted by Gasteiger charge is -2.23. The van der Waals surface area contributed by atoms with Crippen molar-refractivity contribution in [2.24, 2.45) is 4.99 Å². The molecule has 5 nitrogen and oxygen atoms in total. The molecule has 3 rings (SSSR count). The van der Waals surface area contributed by atoms with Crippen molar-refractivity contribution < 1.29 is 14.3 Å². The van der Waals surface area contributed by atoms with Crippen LogP contribution in [0.5, 0.6) is 0 Å². The van der Waals surface area contributed by atoms with Gasteiger partial charge in [0.25, 0.3) is 11.8 Å². The topological polar surface area (TPSA) is 59.0 Å². The van der Waals surface area contributed by atoms with Crippen molar-refractivity contribution in [2.75, 3.05) is 6.54 Å². The highest BCUT2D eigenvalue weighted by Gasteiger charge is 2.26. The fourth-order valence-corrected chi connectivity index (χ4v) is 1.83. The van der Waals surface area contributed by atoms with Gasteiger partial charge in [0, 0.05) is 6.08 Å². The van der Waals surface area contributed by atoms with Crippen LogP contribution in [0.3, 0.4) is 0 Å². The number of nitrogens with zero attached hydrogens (tertiary/aromatic N) is 2. The van der Waals surface area contributed by atoms with Crippen LogP contribution in [0.15, 0.2) is 41.6 Å². The van der Waals surface area contributed by atoms with Gasteiger partial charge in [-0.25, -0.2) is 4.99 Å². The fourth-order valence-electron chi connectivity index (χ4n) is 1.83.